The standard InChI is InChI=1S/C14H19N3O3S/c18-14(16-12-5-9-21(19,20)10-12)17-8-1-2-13(17)11-3-6-15-7-4-11/h3-4,6-7,12-13H,1-2,5,8-10H2,(H,16,18)/t12-,13-/m0/s1. The number of likely N-dealkylation sites (tertiary alicyclic amines) is 1. The summed E-state index contributed by atoms with van der Waals surface area (Å²) in [6.07, 6.45) is 5.87. The van der Waals surface area contributed by atoms with E-state index in [1.807, 2.05) is 12.1 Å². The number of hydrogen-bond acceptors (Lipinski definition) is 4. The molecule has 2 aliphatic heterocycles. The summed E-state index contributed by atoms with van der Waals surface area (Å²) in [6.45, 7) is 0.707. The van der Waals surface area contributed by atoms with Gasteiger partial charge in [0, 0.05) is 25.0 Å². The molecule has 7 heteroatoms. The lowest BCUT2D eigenvalue weighted by molar-refractivity contribution is 0.190. The predicted octanol–water partition coefficient (Wildman–Crippen LogP) is 1.12. The molecule has 2 fully saturated rings. The molecule has 0 saturated carbocycles. The van der Waals surface area contributed by atoms with Gasteiger partial charge in [0.1, 0.15) is 0 Å². The number of rotatable bonds is 2. The molecule has 3 heterocycles. The van der Waals surface area contributed by atoms with Crippen molar-refractivity contribution in [3.63, 3.8) is 0 Å². The van der Waals surface area contributed by atoms with Gasteiger partial charge in [-0.15, -0.1) is 0 Å². The number of amides is 2. The van der Waals surface area contributed by atoms with Gasteiger partial charge in [-0.1, -0.05) is 0 Å². The van der Waals surface area contributed by atoms with Crippen LogP contribution in [-0.4, -0.2) is 48.4 Å². The molecule has 0 bridgehead atoms. The molecule has 21 heavy (non-hydrogen) atoms. The van der Waals surface area contributed by atoms with Crippen LogP contribution in [0.3, 0.4) is 0 Å². The first kappa shape index (κ1) is 14.3. The number of sulfone groups is 1. The van der Waals surface area contributed by atoms with Crippen LogP contribution < -0.4 is 5.32 Å². The zero-order chi connectivity index (χ0) is 14.9. The molecule has 114 valence electrons. The molecule has 1 aromatic rings. The van der Waals surface area contributed by atoms with Crippen LogP contribution in [0.5, 0.6) is 0 Å². The Morgan fingerprint density at radius 2 is 2.05 bits per heavy atom. The number of carbonyl (C=O) groups excluding carboxylic acids is 1. The van der Waals surface area contributed by atoms with E-state index in [4.69, 9.17) is 0 Å². The predicted molar refractivity (Wildman–Crippen MR) is 78.5 cm³/mol. The molecule has 2 amide bonds. The van der Waals surface area contributed by atoms with Gasteiger partial charge in [0.2, 0.25) is 0 Å². The second kappa shape index (κ2) is 5.63. The Kier molecular flexibility index (Phi) is 3.84. The average Bonchev–Trinajstić information content (AvgIpc) is 3.06. The Morgan fingerprint density at radius 1 is 1.29 bits per heavy atom. The molecule has 3 rings (SSSR count). The number of hydrogen-bond donors (Lipinski definition) is 1. The van der Waals surface area contributed by atoms with Crippen LogP contribution in [0.1, 0.15) is 30.9 Å². The van der Waals surface area contributed by atoms with Gasteiger partial charge in [-0.25, -0.2) is 13.2 Å². The van der Waals surface area contributed by atoms with E-state index in [1.165, 1.54) is 0 Å². The van der Waals surface area contributed by atoms with Crippen molar-refractivity contribution >= 4 is 15.9 Å². The van der Waals surface area contributed by atoms with Gasteiger partial charge < -0.3 is 10.2 Å². The van der Waals surface area contributed by atoms with E-state index in [0.29, 0.717) is 13.0 Å². The minimum absolute atomic E-state index is 0.0611. The molecule has 2 atom stereocenters. The number of aromatic nitrogens is 1. The maximum absolute atomic E-state index is 12.4. The molecule has 0 radical (unpaired) electrons. The summed E-state index contributed by atoms with van der Waals surface area (Å²) in [5.41, 5.74) is 1.08. The van der Waals surface area contributed by atoms with Gasteiger partial charge in [-0.2, -0.15) is 0 Å². The topological polar surface area (TPSA) is 79.4 Å². The molecular weight excluding hydrogens is 290 g/mol. The van der Waals surface area contributed by atoms with Crippen LogP contribution in [-0.2, 0) is 9.84 Å². The zero-order valence-electron chi connectivity index (χ0n) is 11.7. The highest BCUT2D eigenvalue weighted by atomic mass is 32.2. The molecule has 1 aromatic heterocycles. The molecule has 0 aliphatic carbocycles. The Balaban J connectivity index is 1.67. The van der Waals surface area contributed by atoms with E-state index in [-0.39, 0.29) is 29.6 Å². The lowest BCUT2D eigenvalue weighted by Crippen LogP contribution is -2.45. The number of pyridine rings is 1. The maximum Gasteiger partial charge on any atom is 0.318 e. The van der Waals surface area contributed by atoms with Crippen LogP contribution in [0.25, 0.3) is 0 Å². The molecule has 0 spiro atoms. The fraction of sp³-hybridized carbons (Fsp3) is 0.571. The second-order valence-corrected chi connectivity index (χ2v) is 7.91. The van der Waals surface area contributed by atoms with Crippen LogP contribution in [0.4, 0.5) is 4.79 Å². The lowest BCUT2D eigenvalue weighted by Gasteiger charge is -2.26. The van der Waals surface area contributed by atoms with Gasteiger partial charge in [-0.3, -0.25) is 4.98 Å². The molecule has 0 unspecified atom stereocenters. The summed E-state index contributed by atoms with van der Waals surface area (Å²) in [7, 11) is -2.97. The molecule has 0 aromatic carbocycles. The summed E-state index contributed by atoms with van der Waals surface area (Å²) in [6, 6.07) is 3.51. The summed E-state index contributed by atoms with van der Waals surface area (Å²) in [5.74, 6) is 0.234. The van der Waals surface area contributed by atoms with E-state index in [0.717, 1.165) is 18.4 Å². The third kappa shape index (κ3) is 3.18. The van der Waals surface area contributed by atoms with Crippen molar-refractivity contribution in [2.75, 3.05) is 18.1 Å². The van der Waals surface area contributed by atoms with Gasteiger partial charge in [0.05, 0.1) is 17.5 Å². The number of urea groups is 1. The van der Waals surface area contributed by atoms with E-state index in [1.54, 1.807) is 17.3 Å². The van der Waals surface area contributed by atoms with Crippen molar-refractivity contribution in [3.8, 4) is 0 Å². The lowest BCUT2D eigenvalue weighted by atomic mass is 10.1. The summed E-state index contributed by atoms with van der Waals surface area (Å²) < 4.78 is 22.9. The van der Waals surface area contributed by atoms with E-state index in [2.05, 4.69) is 10.3 Å². The minimum Gasteiger partial charge on any atom is -0.334 e. The molecule has 2 saturated heterocycles. The molecule has 1 N–H and O–H groups in total. The van der Waals surface area contributed by atoms with Gasteiger partial charge in [-0.05, 0) is 37.0 Å². The largest absolute Gasteiger partial charge is 0.334 e. The number of nitrogens with one attached hydrogen (secondary N) is 1. The fourth-order valence-corrected chi connectivity index (χ4v) is 4.78. The minimum atomic E-state index is -2.97. The van der Waals surface area contributed by atoms with E-state index >= 15 is 0 Å². The van der Waals surface area contributed by atoms with Crippen LogP contribution >= 0.6 is 0 Å². The molecular formula is C14H19N3O3S. The first-order chi connectivity index (χ1) is 10.1. The highest BCUT2D eigenvalue weighted by Crippen LogP contribution is 2.31. The SMILES string of the molecule is O=C(N[C@H]1CCS(=O)(=O)C1)N1CCC[C@H]1c1ccncc1. The van der Waals surface area contributed by atoms with E-state index in [9.17, 15) is 13.2 Å². The second-order valence-electron chi connectivity index (χ2n) is 5.68. The summed E-state index contributed by atoms with van der Waals surface area (Å²) in [4.78, 5) is 18.2. The summed E-state index contributed by atoms with van der Waals surface area (Å²) in [5, 5.41) is 2.87. The third-order valence-electron chi connectivity index (χ3n) is 4.16. The van der Waals surface area contributed by atoms with Crippen molar-refractivity contribution in [1.82, 2.24) is 15.2 Å². The smallest absolute Gasteiger partial charge is 0.318 e. The normalized spacial score (nSPS) is 27.7. The Labute approximate surface area is 124 Å². The Morgan fingerprint density at radius 3 is 2.71 bits per heavy atom. The molecule has 6 nitrogen and oxygen atoms in total. The van der Waals surface area contributed by atoms with Crippen molar-refractivity contribution in [1.29, 1.82) is 0 Å². The van der Waals surface area contributed by atoms with Gasteiger partial charge in [0.25, 0.3) is 0 Å². The highest BCUT2D eigenvalue weighted by molar-refractivity contribution is 7.91. The van der Waals surface area contributed by atoms with Crippen LogP contribution in [0, 0.1) is 0 Å². The quantitative estimate of drug-likeness (QED) is 0.887. The maximum atomic E-state index is 12.4. The van der Waals surface area contributed by atoms with Gasteiger partial charge >= 0.3 is 6.03 Å². The van der Waals surface area contributed by atoms with Crippen molar-refractivity contribution in [2.24, 2.45) is 0 Å². The zero-order valence-corrected chi connectivity index (χ0v) is 12.6. The average molecular weight is 309 g/mol. The molecule has 2 aliphatic rings. The summed E-state index contributed by atoms with van der Waals surface area (Å²) >= 11 is 0. The van der Waals surface area contributed by atoms with E-state index < -0.39 is 9.84 Å². The van der Waals surface area contributed by atoms with Crippen molar-refractivity contribution in [2.45, 2.75) is 31.3 Å². The fourth-order valence-electron chi connectivity index (χ4n) is 3.11. The first-order valence-electron chi connectivity index (χ1n) is 7.23. The number of nitrogens with zero attached hydrogens (tertiary/aromatic N) is 2. The van der Waals surface area contributed by atoms with Crippen molar-refractivity contribution in [3.05, 3.63) is 30.1 Å². The monoisotopic (exact) mass is 309 g/mol. The van der Waals surface area contributed by atoms with Gasteiger partial charge in [0.15, 0.2) is 9.84 Å². The number of carbonyl (C=O) groups is 1. The Hall–Kier alpha value is -1.63. The van der Waals surface area contributed by atoms with Crippen LogP contribution in [0.15, 0.2) is 24.5 Å². The third-order valence-corrected chi connectivity index (χ3v) is 5.93. The Bertz CT molecular complexity index is 618. The van der Waals surface area contributed by atoms with Crippen LogP contribution in [0.2, 0.25) is 0 Å². The van der Waals surface area contributed by atoms with Crippen molar-refractivity contribution < 1.29 is 13.2 Å². The highest BCUT2D eigenvalue weighted by Gasteiger charge is 2.34. The first-order valence-corrected chi connectivity index (χ1v) is 9.05.